The Morgan fingerprint density at radius 1 is 0.857 bits per heavy atom. The normalized spacial score (nSPS) is 16.1. The number of ether oxygens (including phenoxy) is 2. The molecule has 166 valence electrons. The first-order valence-electron chi connectivity index (χ1n) is 11.0. The third-order valence-corrected chi connectivity index (χ3v) is 5.04. The van der Waals surface area contributed by atoms with E-state index in [1.54, 1.807) is 0 Å². The van der Waals surface area contributed by atoms with Gasteiger partial charge in [-0.15, -0.1) is 0 Å². The highest BCUT2D eigenvalue weighted by Crippen LogP contribution is 2.37. The van der Waals surface area contributed by atoms with Crippen molar-refractivity contribution in [3.63, 3.8) is 0 Å². The molecule has 0 radical (unpaired) electrons. The summed E-state index contributed by atoms with van der Waals surface area (Å²) < 4.78 is 11.2. The lowest BCUT2D eigenvalue weighted by molar-refractivity contribution is -0.0521. The molecule has 3 heteroatoms. The van der Waals surface area contributed by atoms with E-state index in [-0.39, 0.29) is 22.3 Å². The maximum Gasteiger partial charge on any atom is 0.509 e. The van der Waals surface area contributed by atoms with Gasteiger partial charge < -0.3 is 9.47 Å². The van der Waals surface area contributed by atoms with Crippen molar-refractivity contribution in [2.24, 2.45) is 22.2 Å². The third-order valence-electron chi connectivity index (χ3n) is 5.04. The number of hydrogen-bond acceptors (Lipinski definition) is 3. The van der Waals surface area contributed by atoms with Crippen LogP contribution >= 0.6 is 0 Å². The second-order valence-corrected chi connectivity index (χ2v) is 11.9. The van der Waals surface area contributed by atoms with Crippen LogP contribution in [-0.4, -0.2) is 17.9 Å². The van der Waals surface area contributed by atoms with E-state index >= 15 is 0 Å². The minimum atomic E-state index is -0.590. The predicted molar refractivity (Wildman–Crippen MR) is 121 cm³/mol. The molecule has 0 aliphatic rings. The van der Waals surface area contributed by atoms with Gasteiger partial charge in [0.15, 0.2) is 0 Å². The van der Waals surface area contributed by atoms with Crippen molar-refractivity contribution in [2.75, 3.05) is 0 Å². The second kappa shape index (κ2) is 10.2. The average molecular weight is 397 g/mol. The molecule has 0 aromatic carbocycles. The number of rotatable bonds is 10. The number of hydrogen-bond donors (Lipinski definition) is 0. The zero-order chi connectivity index (χ0) is 22.4. The van der Waals surface area contributed by atoms with Crippen molar-refractivity contribution in [3.05, 3.63) is 12.2 Å². The standard InChI is InChI=1S/C25H48O3/c1-13-14-19(2)20(3)27-21(26)28-25(11,12)18-24(9,10)16-15-23(7,8)17-22(4,5)6/h15-16,19-20H,13-14,17-18H2,1-12H3/b16-15-. The fraction of sp³-hybridized carbons (Fsp3) is 0.880. The van der Waals surface area contributed by atoms with Gasteiger partial charge in [-0.25, -0.2) is 4.79 Å². The summed E-state index contributed by atoms with van der Waals surface area (Å²) in [6.45, 7) is 25.9. The molecule has 0 aromatic heterocycles. The molecule has 2 unspecified atom stereocenters. The summed E-state index contributed by atoms with van der Waals surface area (Å²) in [6.07, 6.45) is 7.88. The SMILES string of the molecule is CCCC(C)C(C)OC(=O)OC(C)(C)CC(C)(C)/C=C\C(C)(C)CC(C)(C)C. The van der Waals surface area contributed by atoms with Crippen LogP contribution in [0.2, 0.25) is 0 Å². The maximum absolute atomic E-state index is 12.3. The molecule has 0 N–H and O–H groups in total. The summed E-state index contributed by atoms with van der Waals surface area (Å²) in [4.78, 5) is 12.3. The van der Waals surface area contributed by atoms with E-state index < -0.39 is 11.8 Å². The summed E-state index contributed by atoms with van der Waals surface area (Å²) in [6, 6.07) is 0. The van der Waals surface area contributed by atoms with Crippen molar-refractivity contribution in [1.29, 1.82) is 0 Å². The average Bonchev–Trinajstić information content (AvgIpc) is 2.41. The summed E-state index contributed by atoms with van der Waals surface area (Å²) in [5.74, 6) is 0.338. The Kier molecular flexibility index (Phi) is 9.80. The summed E-state index contributed by atoms with van der Waals surface area (Å²) in [5, 5.41) is 0. The van der Waals surface area contributed by atoms with Crippen LogP contribution in [0.25, 0.3) is 0 Å². The zero-order valence-electron chi connectivity index (χ0n) is 20.9. The van der Waals surface area contributed by atoms with Gasteiger partial charge in [0.2, 0.25) is 0 Å². The van der Waals surface area contributed by atoms with Gasteiger partial charge in [-0.1, -0.05) is 80.9 Å². The number of carbonyl (C=O) groups excluding carboxylic acids is 1. The molecule has 2 atom stereocenters. The van der Waals surface area contributed by atoms with E-state index in [0.717, 1.165) is 25.7 Å². The van der Waals surface area contributed by atoms with Crippen molar-refractivity contribution in [1.82, 2.24) is 0 Å². The minimum absolute atomic E-state index is 0.0833. The van der Waals surface area contributed by atoms with E-state index in [9.17, 15) is 4.79 Å². The largest absolute Gasteiger partial charge is 0.509 e. The molecule has 0 bridgehead atoms. The van der Waals surface area contributed by atoms with Crippen molar-refractivity contribution < 1.29 is 14.3 Å². The topological polar surface area (TPSA) is 35.5 Å². The molecule has 0 heterocycles. The molecule has 0 fully saturated rings. The molecule has 0 aromatic rings. The van der Waals surface area contributed by atoms with E-state index in [1.165, 1.54) is 0 Å². The highest BCUT2D eigenvalue weighted by Gasteiger charge is 2.33. The summed E-state index contributed by atoms with van der Waals surface area (Å²) >= 11 is 0. The quantitative estimate of drug-likeness (QED) is 0.276. The Balaban J connectivity index is 4.88. The van der Waals surface area contributed by atoms with Crippen LogP contribution in [0.5, 0.6) is 0 Å². The van der Waals surface area contributed by atoms with E-state index in [4.69, 9.17) is 9.47 Å². The van der Waals surface area contributed by atoms with Gasteiger partial charge >= 0.3 is 6.16 Å². The van der Waals surface area contributed by atoms with Crippen LogP contribution in [0.4, 0.5) is 4.79 Å². The predicted octanol–water partition coefficient (Wildman–Crippen LogP) is 8.18. The van der Waals surface area contributed by atoms with Crippen molar-refractivity contribution >= 4 is 6.16 Å². The molecule has 0 amide bonds. The molecule has 0 aliphatic carbocycles. The first kappa shape index (κ1) is 27.0. The van der Waals surface area contributed by atoms with Gasteiger partial charge in [-0.2, -0.15) is 0 Å². The second-order valence-electron chi connectivity index (χ2n) is 11.9. The van der Waals surface area contributed by atoms with Crippen molar-refractivity contribution in [2.45, 2.75) is 120 Å². The van der Waals surface area contributed by atoms with E-state index in [0.29, 0.717) is 5.92 Å². The van der Waals surface area contributed by atoms with Crippen LogP contribution in [-0.2, 0) is 9.47 Å². The molecule has 0 rings (SSSR count). The number of allylic oxidation sites excluding steroid dienone is 2. The van der Waals surface area contributed by atoms with Gasteiger partial charge in [-0.05, 0) is 62.2 Å². The molecule has 3 nitrogen and oxygen atoms in total. The van der Waals surface area contributed by atoms with Crippen LogP contribution in [0.15, 0.2) is 12.2 Å². The lowest BCUT2D eigenvalue weighted by Gasteiger charge is -2.35. The van der Waals surface area contributed by atoms with Crippen LogP contribution < -0.4 is 0 Å². The smallest absolute Gasteiger partial charge is 0.431 e. The molecule has 0 spiro atoms. The van der Waals surface area contributed by atoms with Gasteiger partial charge in [0.05, 0.1) is 0 Å². The Morgan fingerprint density at radius 3 is 1.75 bits per heavy atom. The monoisotopic (exact) mass is 396 g/mol. The highest BCUT2D eigenvalue weighted by molar-refractivity contribution is 5.60. The molecule has 0 aliphatic heterocycles. The first-order valence-corrected chi connectivity index (χ1v) is 11.0. The van der Waals surface area contributed by atoms with Crippen LogP contribution in [0, 0.1) is 22.2 Å². The van der Waals surface area contributed by atoms with Crippen LogP contribution in [0.3, 0.4) is 0 Å². The zero-order valence-corrected chi connectivity index (χ0v) is 20.9. The first-order chi connectivity index (χ1) is 12.4. The lowest BCUT2D eigenvalue weighted by atomic mass is 9.74. The van der Waals surface area contributed by atoms with Crippen LogP contribution in [0.1, 0.15) is 109 Å². The minimum Gasteiger partial charge on any atom is -0.431 e. The Morgan fingerprint density at radius 2 is 1.32 bits per heavy atom. The molecule has 28 heavy (non-hydrogen) atoms. The van der Waals surface area contributed by atoms with Gasteiger partial charge in [0.1, 0.15) is 11.7 Å². The maximum atomic E-state index is 12.3. The van der Waals surface area contributed by atoms with Gasteiger partial charge in [0.25, 0.3) is 0 Å². The lowest BCUT2D eigenvalue weighted by Crippen LogP contribution is -2.35. The third kappa shape index (κ3) is 12.5. The molecule has 0 saturated carbocycles. The van der Waals surface area contributed by atoms with E-state index in [1.807, 2.05) is 20.8 Å². The number of carbonyl (C=O) groups is 1. The van der Waals surface area contributed by atoms with E-state index in [2.05, 4.69) is 74.5 Å². The fourth-order valence-electron chi connectivity index (χ4n) is 4.28. The Hall–Kier alpha value is -0.990. The van der Waals surface area contributed by atoms with Gasteiger partial charge in [0, 0.05) is 0 Å². The Bertz CT molecular complexity index is 506. The Labute approximate surface area is 175 Å². The highest BCUT2D eigenvalue weighted by atomic mass is 16.7. The summed E-state index contributed by atoms with van der Waals surface area (Å²) in [7, 11) is 0. The van der Waals surface area contributed by atoms with Gasteiger partial charge in [-0.3, -0.25) is 0 Å². The van der Waals surface area contributed by atoms with Crippen molar-refractivity contribution in [3.8, 4) is 0 Å². The molecule has 0 saturated heterocycles. The molecular weight excluding hydrogens is 348 g/mol. The fourth-order valence-corrected chi connectivity index (χ4v) is 4.28. The molecular formula is C25H48O3. The summed E-state index contributed by atoms with van der Waals surface area (Å²) in [5.41, 5.74) is -0.257.